The minimum Gasteiger partial charge on any atom is -0.382 e. The Hall–Kier alpha value is -3.24. The number of nitrogens with zero attached hydrogens (tertiary/aromatic N) is 7. The van der Waals surface area contributed by atoms with Crippen molar-refractivity contribution in [3.05, 3.63) is 41.4 Å². The molecule has 11 heteroatoms. The van der Waals surface area contributed by atoms with Crippen molar-refractivity contribution < 1.29 is 0 Å². The molecular weight excluding hydrogens is 416 g/mol. The van der Waals surface area contributed by atoms with E-state index < -0.39 is 0 Å². The van der Waals surface area contributed by atoms with Gasteiger partial charge in [0.15, 0.2) is 5.65 Å². The van der Waals surface area contributed by atoms with Gasteiger partial charge in [-0.2, -0.15) is 10.2 Å². The molecule has 1 spiro atoms. The average molecular weight is 437 g/mol. The number of rotatable bonds is 2. The third-order valence-electron chi connectivity index (χ3n) is 6.70. The molecule has 6 rings (SSSR count). The number of hydrogen-bond donors (Lipinski definition) is 3. The number of anilines is 2. The molecule has 2 aliphatic rings. The van der Waals surface area contributed by atoms with Crippen molar-refractivity contribution in [2.24, 2.45) is 11.1 Å². The molecule has 0 radical (unpaired) electrons. The molecule has 0 unspecified atom stereocenters. The van der Waals surface area contributed by atoms with Crippen molar-refractivity contribution in [1.82, 2.24) is 34.9 Å². The molecule has 1 fully saturated rings. The predicted octanol–water partition coefficient (Wildman–Crippen LogP) is 2.15. The first-order valence-electron chi connectivity index (χ1n) is 10.2. The van der Waals surface area contributed by atoms with Crippen LogP contribution >= 0.6 is 11.6 Å². The summed E-state index contributed by atoms with van der Waals surface area (Å²) >= 11 is 6.32. The molecule has 2 aliphatic heterocycles. The molecule has 5 N–H and O–H groups in total. The molecule has 1 saturated heterocycles. The van der Waals surface area contributed by atoms with Crippen molar-refractivity contribution >= 4 is 34.4 Å². The van der Waals surface area contributed by atoms with Gasteiger partial charge in [0.05, 0.1) is 23.0 Å². The molecule has 0 amide bonds. The van der Waals surface area contributed by atoms with Crippen LogP contribution in [0.2, 0.25) is 5.02 Å². The molecule has 10 nitrogen and oxygen atoms in total. The maximum Gasteiger partial charge on any atom is 0.177 e. The van der Waals surface area contributed by atoms with E-state index in [-0.39, 0.29) is 17.3 Å². The Morgan fingerprint density at radius 3 is 2.81 bits per heavy atom. The number of nitrogens with one attached hydrogen (secondary N) is 1. The van der Waals surface area contributed by atoms with Gasteiger partial charge in [-0.05, 0) is 25.0 Å². The molecule has 6 heterocycles. The van der Waals surface area contributed by atoms with Crippen LogP contribution in [0, 0.1) is 5.41 Å². The largest absolute Gasteiger partial charge is 0.382 e. The standard InChI is InChI=1S/C20H21ClN10/c21-14-11(1-5-24-18(14)23)15-16-19(29-28-15)27-13(9-25-16)30-7-3-20(4-8-30)10-31-12(17(20)22)2-6-26-31/h1-2,5-6,9,17H,3-4,7-8,10,22H2,(H2,23,24)(H,27,28,29)/t17-/m1/s1. The topological polar surface area (TPSA) is 140 Å². The molecular formula is C20H21ClN10. The van der Waals surface area contributed by atoms with Crippen molar-refractivity contribution in [2.45, 2.75) is 25.4 Å². The van der Waals surface area contributed by atoms with Crippen LogP contribution in [0.25, 0.3) is 22.4 Å². The van der Waals surface area contributed by atoms with Gasteiger partial charge >= 0.3 is 0 Å². The van der Waals surface area contributed by atoms with E-state index in [2.05, 4.69) is 34.8 Å². The first-order chi connectivity index (χ1) is 15.1. The summed E-state index contributed by atoms with van der Waals surface area (Å²) in [5, 5.41) is 12.1. The molecule has 4 aromatic rings. The summed E-state index contributed by atoms with van der Waals surface area (Å²) in [6.07, 6.45) is 7.18. The summed E-state index contributed by atoms with van der Waals surface area (Å²) in [6.45, 7) is 2.62. The fourth-order valence-electron chi connectivity index (χ4n) is 4.88. The number of pyridine rings is 1. The lowest BCUT2D eigenvalue weighted by molar-refractivity contribution is 0.170. The van der Waals surface area contributed by atoms with Gasteiger partial charge in [0, 0.05) is 43.0 Å². The molecule has 4 aromatic heterocycles. The zero-order valence-corrected chi connectivity index (χ0v) is 17.4. The number of H-pyrrole nitrogens is 1. The second kappa shape index (κ2) is 6.63. The van der Waals surface area contributed by atoms with Crippen molar-refractivity contribution in [1.29, 1.82) is 0 Å². The van der Waals surface area contributed by atoms with Crippen LogP contribution in [0.1, 0.15) is 24.6 Å². The van der Waals surface area contributed by atoms with E-state index in [1.165, 1.54) is 0 Å². The number of piperidine rings is 1. The Labute approximate surface area is 182 Å². The zero-order chi connectivity index (χ0) is 21.2. The quantitative estimate of drug-likeness (QED) is 0.434. The van der Waals surface area contributed by atoms with Crippen molar-refractivity contribution in [2.75, 3.05) is 23.7 Å². The Kier molecular flexibility index (Phi) is 3.96. The number of aromatic amines is 1. The van der Waals surface area contributed by atoms with Gasteiger partial charge in [0.2, 0.25) is 0 Å². The normalized spacial score (nSPS) is 19.9. The average Bonchev–Trinajstić information content (AvgIpc) is 3.47. The summed E-state index contributed by atoms with van der Waals surface area (Å²) in [7, 11) is 0. The van der Waals surface area contributed by atoms with Crippen molar-refractivity contribution in [3.63, 3.8) is 0 Å². The zero-order valence-electron chi connectivity index (χ0n) is 16.7. The molecule has 1 atom stereocenters. The second-order valence-corrected chi connectivity index (χ2v) is 8.67. The van der Waals surface area contributed by atoms with Gasteiger partial charge in [-0.25, -0.2) is 15.0 Å². The van der Waals surface area contributed by atoms with E-state index in [9.17, 15) is 0 Å². The fraction of sp³-hybridized carbons (Fsp3) is 0.350. The highest BCUT2D eigenvalue weighted by Gasteiger charge is 2.47. The lowest BCUT2D eigenvalue weighted by Gasteiger charge is -2.41. The predicted molar refractivity (Wildman–Crippen MR) is 117 cm³/mol. The maximum atomic E-state index is 6.60. The highest BCUT2D eigenvalue weighted by molar-refractivity contribution is 6.35. The molecule has 0 aromatic carbocycles. The smallest absolute Gasteiger partial charge is 0.177 e. The first-order valence-corrected chi connectivity index (χ1v) is 10.6. The Bertz CT molecular complexity index is 1290. The number of nitrogen functional groups attached to an aromatic ring is 1. The van der Waals surface area contributed by atoms with Gasteiger partial charge < -0.3 is 16.4 Å². The van der Waals surface area contributed by atoms with Gasteiger partial charge in [-0.15, -0.1) is 0 Å². The van der Waals surface area contributed by atoms with Crippen LogP contribution in [0.15, 0.2) is 30.7 Å². The number of halogens is 1. The fourth-order valence-corrected chi connectivity index (χ4v) is 5.08. The van der Waals surface area contributed by atoms with Crippen LogP contribution in [0.5, 0.6) is 0 Å². The maximum absolute atomic E-state index is 6.60. The van der Waals surface area contributed by atoms with E-state index in [4.69, 9.17) is 28.1 Å². The van der Waals surface area contributed by atoms with E-state index >= 15 is 0 Å². The van der Waals surface area contributed by atoms with E-state index in [0.29, 0.717) is 27.4 Å². The minimum absolute atomic E-state index is 0.0263. The monoisotopic (exact) mass is 436 g/mol. The Morgan fingerprint density at radius 2 is 2.00 bits per heavy atom. The third-order valence-corrected chi connectivity index (χ3v) is 7.10. The van der Waals surface area contributed by atoms with Crippen LogP contribution in [0.3, 0.4) is 0 Å². The highest BCUT2D eigenvalue weighted by atomic mass is 35.5. The van der Waals surface area contributed by atoms with Crippen LogP contribution in [-0.4, -0.2) is 48.0 Å². The molecule has 0 saturated carbocycles. The number of fused-ring (bicyclic) bond motifs is 2. The van der Waals surface area contributed by atoms with Gasteiger partial charge in [-0.1, -0.05) is 11.6 Å². The number of hydrogen-bond acceptors (Lipinski definition) is 8. The van der Waals surface area contributed by atoms with E-state index in [0.717, 1.165) is 44.0 Å². The van der Waals surface area contributed by atoms with Gasteiger partial charge in [-0.3, -0.25) is 9.78 Å². The summed E-state index contributed by atoms with van der Waals surface area (Å²) in [4.78, 5) is 15.7. The lowest BCUT2D eigenvalue weighted by Crippen LogP contribution is -2.45. The number of nitrogens with two attached hydrogens (primary N) is 2. The second-order valence-electron chi connectivity index (χ2n) is 8.30. The molecule has 0 bridgehead atoms. The van der Waals surface area contributed by atoms with E-state index in [1.807, 2.05) is 12.3 Å². The summed E-state index contributed by atoms with van der Waals surface area (Å²) in [5.41, 5.74) is 16.2. The minimum atomic E-state index is 0.0263. The molecule has 31 heavy (non-hydrogen) atoms. The molecule has 158 valence electrons. The van der Waals surface area contributed by atoms with E-state index in [1.54, 1.807) is 18.5 Å². The SMILES string of the molecule is Nc1nccc(-c2n[nH]c3nc(N4CCC5(CC4)Cn4nccc4[C@H]5N)cnc23)c1Cl. The van der Waals surface area contributed by atoms with Crippen LogP contribution < -0.4 is 16.4 Å². The highest BCUT2D eigenvalue weighted by Crippen LogP contribution is 2.47. The van der Waals surface area contributed by atoms with Crippen LogP contribution in [0.4, 0.5) is 11.6 Å². The van der Waals surface area contributed by atoms with Gasteiger partial charge in [0.1, 0.15) is 22.8 Å². The number of aromatic nitrogens is 7. The summed E-state index contributed by atoms with van der Waals surface area (Å²) < 4.78 is 2.05. The van der Waals surface area contributed by atoms with Gasteiger partial charge in [0.25, 0.3) is 0 Å². The Morgan fingerprint density at radius 1 is 1.16 bits per heavy atom. The lowest BCUT2D eigenvalue weighted by atomic mass is 9.73. The summed E-state index contributed by atoms with van der Waals surface area (Å²) in [5.74, 6) is 1.08. The van der Waals surface area contributed by atoms with Crippen LogP contribution in [-0.2, 0) is 6.54 Å². The summed E-state index contributed by atoms with van der Waals surface area (Å²) in [6, 6.07) is 3.83. The molecule has 0 aliphatic carbocycles. The first kappa shape index (κ1) is 18.5. The Balaban J connectivity index is 1.25. The van der Waals surface area contributed by atoms with Crippen molar-refractivity contribution in [3.8, 4) is 11.3 Å². The third kappa shape index (κ3) is 2.71.